The zero-order valence-electron chi connectivity index (χ0n) is 12.3. The molecule has 1 unspecified atom stereocenters. The Bertz CT molecular complexity index is 540. The van der Waals surface area contributed by atoms with Gasteiger partial charge in [0.2, 0.25) is 0 Å². The first-order valence-electron chi connectivity index (χ1n) is 7.00. The van der Waals surface area contributed by atoms with E-state index in [2.05, 4.69) is 43.6 Å². The van der Waals surface area contributed by atoms with Crippen molar-refractivity contribution in [2.75, 3.05) is 13.2 Å². The maximum atomic E-state index is 6.45. The van der Waals surface area contributed by atoms with Gasteiger partial charge in [0.1, 0.15) is 13.2 Å². The molecular formula is C16H20BrClO2. The van der Waals surface area contributed by atoms with Crippen molar-refractivity contribution in [3.8, 4) is 11.5 Å². The first kappa shape index (κ1) is 14.5. The second-order valence-corrected chi connectivity index (χ2v) is 8.23. The van der Waals surface area contributed by atoms with Gasteiger partial charge in [0.15, 0.2) is 11.5 Å². The molecule has 20 heavy (non-hydrogen) atoms. The van der Waals surface area contributed by atoms with Crippen molar-refractivity contribution in [1.82, 2.24) is 0 Å². The summed E-state index contributed by atoms with van der Waals surface area (Å²) in [6, 6.07) is 3.91. The monoisotopic (exact) mass is 358 g/mol. The Kier molecular flexibility index (Phi) is 3.30. The van der Waals surface area contributed by atoms with E-state index in [-0.39, 0.29) is 4.83 Å². The fourth-order valence-electron chi connectivity index (χ4n) is 3.45. The Morgan fingerprint density at radius 3 is 2.10 bits per heavy atom. The number of hydrogen-bond acceptors (Lipinski definition) is 2. The summed E-state index contributed by atoms with van der Waals surface area (Å²) >= 11 is 10.3. The van der Waals surface area contributed by atoms with Crippen LogP contribution in [0.4, 0.5) is 0 Å². The van der Waals surface area contributed by atoms with E-state index in [4.69, 9.17) is 21.1 Å². The molecule has 1 aliphatic carbocycles. The number of ether oxygens (including phenoxy) is 2. The van der Waals surface area contributed by atoms with Crippen molar-refractivity contribution in [1.29, 1.82) is 0 Å². The average molecular weight is 360 g/mol. The van der Waals surface area contributed by atoms with Crippen LogP contribution in [0.5, 0.6) is 11.5 Å². The molecule has 0 bridgehead atoms. The summed E-state index contributed by atoms with van der Waals surface area (Å²) in [7, 11) is 0. The molecule has 1 heterocycles. The molecule has 0 amide bonds. The first-order valence-corrected chi connectivity index (χ1v) is 8.29. The second kappa shape index (κ2) is 4.54. The van der Waals surface area contributed by atoms with Crippen LogP contribution in [0.3, 0.4) is 0 Å². The fraction of sp³-hybridized carbons (Fsp3) is 0.625. The molecule has 0 radical (unpaired) electrons. The van der Waals surface area contributed by atoms with Crippen LogP contribution in [-0.4, -0.2) is 13.2 Å². The highest BCUT2D eigenvalue weighted by molar-refractivity contribution is 9.09. The van der Waals surface area contributed by atoms with Gasteiger partial charge >= 0.3 is 0 Å². The third-order valence-electron chi connectivity index (χ3n) is 5.38. The zero-order valence-corrected chi connectivity index (χ0v) is 14.6. The quantitative estimate of drug-likeness (QED) is 0.673. The number of benzene rings is 1. The highest BCUT2D eigenvalue weighted by Gasteiger charge is 2.67. The van der Waals surface area contributed by atoms with Crippen LogP contribution >= 0.6 is 27.5 Å². The summed E-state index contributed by atoms with van der Waals surface area (Å²) in [6.45, 7) is 10.5. The molecule has 0 saturated heterocycles. The Morgan fingerprint density at radius 1 is 1.10 bits per heavy atom. The Hall–Kier alpha value is -0.410. The van der Waals surface area contributed by atoms with Crippen LogP contribution < -0.4 is 9.47 Å². The van der Waals surface area contributed by atoms with E-state index in [0.717, 1.165) is 22.1 Å². The summed E-state index contributed by atoms with van der Waals surface area (Å²) in [5, 5.41) is 0.745. The maximum absolute atomic E-state index is 6.45. The van der Waals surface area contributed by atoms with Gasteiger partial charge in [-0.2, -0.15) is 0 Å². The Morgan fingerprint density at radius 2 is 1.60 bits per heavy atom. The van der Waals surface area contributed by atoms with Gasteiger partial charge in [-0.1, -0.05) is 55.2 Å². The van der Waals surface area contributed by atoms with Crippen LogP contribution in [0.1, 0.15) is 38.1 Å². The Balaban J connectivity index is 1.95. The normalized spacial score (nSPS) is 24.3. The minimum absolute atomic E-state index is 0.232. The van der Waals surface area contributed by atoms with Crippen LogP contribution in [0.2, 0.25) is 5.02 Å². The van der Waals surface area contributed by atoms with Gasteiger partial charge in [0.25, 0.3) is 0 Å². The molecule has 1 atom stereocenters. The minimum atomic E-state index is 0.232. The second-order valence-electron chi connectivity index (χ2n) is 6.84. The molecule has 0 N–H and O–H groups in total. The largest absolute Gasteiger partial charge is 0.486 e. The predicted octanol–water partition coefficient (Wildman–Crippen LogP) is 5.23. The topological polar surface area (TPSA) is 18.5 Å². The van der Waals surface area contributed by atoms with E-state index in [9.17, 15) is 0 Å². The van der Waals surface area contributed by atoms with Gasteiger partial charge in [-0.3, -0.25) is 0 Å². The van der Waals surface area contributed by atoms with Crippen molar-refractivity contribution >= 4 is 27.5 Å². The lowest BCUT2D eigenvalue weighted by molar-refractivity contribution is 0.171. The molecule has 0 aromatic heterocycles. The predicted molar refractivity (Wildman–Crippen MR) is 85.2 cm³/mol. The number of hydrogen-bond donors (Lipinski definition) is 0. The summed E-state index contributed by atoms with van der Waals surface area (Å²) < 4.78 is 11.2. The van der Waals surface area contributed by atoms with E-state index < -0.39 is 0 Å². The first-order chi connectivity index (χ1) is 9.26. The van der Waals surface area contributed by atoms with Crippen LogP contribution in [0.15, 0.2) is 12.1 Å². The van der Waals surface area contributed by atoms with Gasteiger partial charge in [0.05, 0.1) is 0 Å². The van der Waals surface area contributed by atoms with Crippen molar-refractivity contribution in [2.24, 2.45) is 16.7 Å². The zero-order chi connectivity index (χ0) is 14.7. The molecule has 1 aromatic rings. The molecule has 3 rings (SSSR count). The molecule has 4 heteroatoms. The fourth-order valence-corrected chi connectivity index (χ4v) is 5.55. The summed E-state index contributed by atoms with van der Waals surface area (Å²) in [6.07, 6.45) is 0. The standard InChI is InChI=1S/C16H20BrClO2/c1-15(2)14(16(15,3)4)13(17)9-7-11-12(8-10(9)18)20-6-5-19-11/h7-8,13-14H,5-6H2,1-4H3. The van der Waals surface area contributed by atoms with Crippen LogP contribution in [0.25, 0.3) is 0 Å². The van der Waals surface area contributed by atoms with E-state index >= 15 is 0 Å². The molecule has 1 fully saturated rings. The number of fused-ring (bicyclic) bond motifs is 1. The average Bonchev–Trinajstić information content (AvgIpc) is 2.78. The van der Waals surface area contributed by atoms with Crippen LogP contribution in [-0.2, 0) is 0 Å². The van der Waals surface area contributed by atoms with E-state index in [1.807, 2.05) is 12.1 Å². The molecule has 2 nitrogen and oxygen atoms in total. The van der Waals surface area contributed by atoms with E-state index in [1.54, 1.807) is 0 Å². The minimum Gasteiger partial charge on any atom is -0.486 e. The lowest BCUT2D eigenvalue weighted by Crippen LogP contribution is -2.16. The SMILES string of the molecule is CC1(C)C(C(Br)c2cc3c(cc2Cl)OCCO3)C1(C)C. The van der Waals surface area contributed by atoms with Gasteiger partial charge < -0.3 is 9.47 Å². The number of halogens is 2. The Labute approximate surface area is 133 Å². The van der Waals surface area contributed by atoms with E-state index in [0.29, 0.717) is 30.0 Å². The summed E-state index contributed by atoms with van der Waals surface area (Å²) in [4.78, 5) is 0.232. The maximum Gasteiger partial charge on any atom is 0.162 e. The smallest absolute Gasteiger partial charge is 0.162 e. The van der Waals surface area contributed by atoms with Crippen LogP contribution in [0, 0.1) is 16.7 Å². The third-order valence-corrected chi connectivity index (χ3v) is 6.73. The van der Waals surface area contributed by atoms with Gasteiger partial charge in [-0.25, -0.2) is 0 Å². The summed E-state index contributed by atoms with van der Waals surface area (Å²) in [5.74, 6) is 2.10. The third kappa shape index (κ3) is 1.97. The molecule has 1 saturated carbocycles. The van der Waals surface area contributed by atoms with Crippen molar-refractivity contribution in [3.63, 3.8) is 0 Å². The molecule has 110 valence electrons. The molecule has 0 spiro atoms. The highest BCUT2D eigenvalue weighted by Crippen LogP contribution is 2.74. The van der Waals surface area contributed by atoms with E-state index in [1.165, 1.54) is 0 Å². The van der Waals surface area contributed by atoms with Gasteiger partial charge in [0, 0.05) is 15.9 Å². The van der Waals surface area contributed by atoms with Crippen molar-refractivity contribution in [3.05, 3.63) is 22.7 Å². The molecule has 1 aliphatic heterocycles. The molecular weight excluding hydrogens is 340 g/mol. The highest BCUT2D eigenvalue weighted by atomic mass is 79.9. The number of alkyl halides is 1. The lowest BCUT2D eigenvalue weighted by Gasteiger charge is -2.22. The number of rotatable bonds is 2. The van der Waals surface area contributed by atoms with Gasteiger partial charge in [-0.05, 0) is 28.4 Å². The molecule has 1 aromatic carbocycles. The van der Waals surface area contributed by atoms with Crippen molar-refractivity contribution < 1.29 is 9.47 Å². The van der Waals surface area contributed by atoms with Crippen molar-refractivity contribution in [2.45, 2.75) is 32.5 Å². The van der Waals surface area contributed by atoms with Gasteiger partial charge in [-0.15, -0.1) is 0 Å². The summed E-state index contributed by atoms with van der Waals surface area (Å²) in [5.41, 5.74) is 1.70. The molecule has 2 aliphatic rings. The lowest BCUT2D eigenvalue weighted by atomic mass is 10.0.